The highest BCUT2D eigenvalue weighted by Crippen LogP contribution is 2.32. The summed E-state index contributed by atoms with van der Waals surface area (Å²) in [5.74, 6) is -0.196. The maximum absolute atomic E-state index is 11.7. The minimum absolute atomic E-state index is 0.0296. The van der Waals surface area contributed by atoms with E-state index in [-0.39, 0.29) is 24.2 Å². The summed E-state index contributed by atoms with van der Waals surface area (Å²) in [4.78, 5) is 14.1. The molecule has 0 spiro atoms. The fourth-order valence-corrected chi connectivity index (χ4v) is 3.21. The average Bonchev–Trinajstić information content (AvgIpc) is 2.30. The fourth-order valence-electron chi connectivity index (χ4n) is 3.21. The Hall–Kier alpha value is -1.30. The second-order valence-electron chi connectivity index (χ2n) is 5.41. The molecule has 0 radical (unpaired) electrons. The van der Waals surface area contributed by atoms with Crippen molar-refractivity contribution in [2.24, 2.45) is 10.9 Å². The van der Waals surface area contributed by atoms with Crippen molar-refractivity contribution < 1.29 is 10.0 Å². The molecule has 0 aromatic carbocycles. The minimum atomic E-state index is -0.155. The van der Waals surface area contributed by atoms with Crippen molar-refractivity contribution in [2.75, 3.05) is 7.05 Å². The fraction of sp³-hybridized carbons (Fsp3) is 0.833. The van der Waals surface area contributed by atoms with Crippen LogP contribution in [0.2, 0.25) is 0 Å². The van der Waals surface area contributed by atoms with Crippen molar-refractivity contribution in [1.29, 1.82) is 0 Å². The number of nitrogens with zero attached hydrogens (tertiary/aromatic N) is 2. The Balaban J connectivity index is 1.86. The Morgan fingerprint density at radius 3 is 2.61 bits per heavy atom. The van der Waals surface area contributed by atoms with Gasteiger partial charge in [-0.2, -0.15) is 0 Å². The topological polar surface area (TPSA) is 91.0 Å². The van der Waals surface area contributed by atoms with E-state index < -0.39 is 0 Å². The van der Waals surface area contributed by atoms with Crippen LogP contribution in [0, 0.1) is 0 Å². The molecule has 2 bridgehead atoms. The molecule has 0 aromatic heterocycles. The van der Waals surface area contributed by atoms with Gasteiger partial charge in [0.05, 0.1) is 6.42 Å². The molecule has 0 aliphatic carbocycles. The van der Waals surface area contributed by atoms with E-state index in [0.29, 0.717) is 12.1 Å². The van der Waals surface area contributed by atoms with Crippen molar-refractivity contribution in [3.63, 3.8) is 0 Å². The number of carbonyl (C=O) groups is 1. The van der Waals surface area contributed by atoms with Crippen LogP contribution in [0.3, 0.4) is 0 Å². The molecule has 6 heteroatoms. The maximum atomic E-state index is 11.7. The van der Waals surface area contributed by atoms with Crippen LogP contribution < -0.4 is 11.1 Å². The molecule has 1 amide bonds. The number of hydrogen-bond acceptors (Lipinski definition) is 4. The summed E-state index contributed by atoms with van der Waals surface area (Å²) in [7, 11) is 2.18. The first kappa shape index (κ1) is 13.1. The lowest BCUT2D eigenvalue weighted by atomic mass is 9.82. The molecule has 2 aliphatic heterocycles. The number of oxime groups is 1. The highest BCUT2D eigenvalue weighted by Gasteiger charge is 2.36. The Morgan fingerprint density at radius 1 is 1.44 bits per heavy atom. The van der Waals surface area contributed by atoms with Gasteiger partial charge in [0.15, 0.2) is 0 Å². The molecule has 2 rings (SSSR count). The number of fused-ring (bicyclic) bond motifs is 2. The molecule has 0 saturated carbocycles. The van der Waals surface area contributed by atoms with Gasteiger partial charge in [-0.3, -0.25) is 4.79 Å². The minimum Gasteiger partial charge on any atom is -0.409 e. The van der Waals surface area contributed by atoms with Gasteiger partial charge in [0, 0.05) is 18.1 Å². The highest BCUT2D eigenvalue weighted by molar-refractivity contribution is 5.98. The number of piperidine rings is 2. The maximum Gasteiger partial charge on any atom is 0.227 e. The molecular formula is C12H22N4O2. The molecule has 2 atom stereocenters. The molecule has 2 heterocycles. The summed E-state index contributed by atoms with van der Waals surface area (Å²) in [6.07, 6.45) is 5.73. The number of carbonyl (C=O) groups excluding carboxylic acids is 1. The van der Waals surface area contributed by atoms with Gasteiger partial charge in [-0.1, -0.05) is 11.6 Å². The molecule has 2 unspecified atom stereocenters. The van der Waals surface area contributed by atoms with E-state index in [4.69, 9.17) is 10.9 Å². The van der Waals surface area contributed by atoms with Gasteiger partial charge in [-0.05, 0) is 32.7 Å². The van der Waals surface area contributed by atoms with E-state index in [9.17, 15) is 4.79 Å². The van der Waals surface area contributed by atoms with Gasteiger partial charge in [-0.15, -0.1) is 0 Å². The summed E-state index contributed by atoms with van der Waals surface area (Å²) in [5.41, 5.74) is 5.32. The summed E-state index contributed by atoms with van der Waals surface area (Å²) >= 11 is 0. The third-order valence-corrected chi connectivity index (χ3v) is 4.18. The highest BCUT2D eigenvalue weighted by atomic mass is 16.4. The summed E-state index contributed by atoms with van der Waals surface area (Å²) in [6, 6.07) is 1.41. The summed E-state index contributed by atoms with van der Waals surface area (Å²) < 4.78 is 0. The van der Waals surface area contributed by atoms with Crippen LogP contribution in [0.15, 0.2) is 5.16 Å². The lowest BCUT2D eigenvalue weighted by Gasteiger charge is -2.47. The van der Waals surface area contributed by atoms with E-state index in [0.717, 1.165) is 12.8 Å². The zero-order chi connectivity index (χ0) is 13.1. The van der Waals surface area contributed by atoms with E-state index in [1.165, 1.54) is 19.3 Å². The molecule has 2 fully saturated rings. The molecule has 6 nitrogen and oxygen atoms in total. The zero-order valence-electron chi connectivity index (χ0n) is 10.8. The Labute approximate surface area is 107 Å². The van der Waals surface area contributed by atoms with Crippen molar-refractivity contribution in [2.45, 2.75) is 56.7 Å². The average molecular weight is 254 g/mol. The lowest BCUT2D eigenvalue weighted by Crippen LogP contribution is -2.55. The molecule has 0 aromatic rings. The summed E-state index contributed by atoms with van der Waals surface area (Å²) in [5, 5.41) is 14.2. The number of nitrogens with two attached hydrogens (primary N) is 1. The second kappa shape index (κ2) is 5.56. The van der Waals surface area contributed by atoms with Crippen LogP contribution in [0.25, 0.3) is 0 Å². The van der Waals surface area contributed by atoms with Crippen LogP contribution in [-0.2, 0) is 4.79 Å². The third kappa shape index (κ3) is 2.93. The number of nitrogens with one attached hydrogen (secondary N) is 1. The first-order valence-corrected chi connectivity index (χ1v) is 6.58. The SMILES string of the molecule is CN1C2CCCC1CC(NC(=O)CC(N)=NO)C2. The van der Waals surface area contributed by atoms with Crippen molar-refractivity contribution in [1.82, 2.24) is 10.2 Å². The van der Waals surface area contributed by atoms with Crippen LogP contribution in [-0.4, -0.2) is 47.0 Å². The second-order valence-corrected chi connectivity index (χ2v) is 5.41. The largest absolute Gasteiger partial charge is 0.409 e. The quantitative estimate of drug-likeness (QED) is 0.291. The van der Waals surface area contributed by atoms with Gasteiger partial charge in [-0.25, -0.2) is 0 Å². The van der Waals surface area contributed by atoms with Crippen LogP contribution >= 0.6 is 0 Å². The predicted octanol–water partition coefficient (Wildman–Crippen LogP) is 0.254. The van der Waals surface area contributed by atoms with E-state index in [2.05, 4.69) is 22.4 Å². The number of hydrogen-bond donors (Lipinski definition) is 3. The van der Waals surface area contributed by atoms with Crippen LogP contribution in [0.5, 0.6) is 0 Å². The first-order chi connectivity index (χ1) is 8.60. The molecule has 18 heavy (non-hydrogen) atoms. The van der Waals surface area contributed by atoms with Crippen molar-refractivity contribution >= 4 is 11.7 Å². The Morgan fingerprint density at radius 2 is 2.06 bits per heavy atom. The molecule has 2 saturated heterocycles. The van der Waals surface area contributed by atoms with E-state index in [1.807, 2.05) is 0 Å². The van der Waals surface area contributed by atoms with Gasteiger partial charge < -0.3 is 21.2 Å². The van der Waals surface area contributed by atoms with Crippen LogP contribution in [0.4, 0.5) is 0 Å². The first-order valence-electron chi connectivity index (χ1n) is 6.58. The van der Waals surface area contributed by atoms with E-state index >= 15 is 0 Å². The molecule has 102 valence electrons. The molecule has 4 N–H and O–H groups in total. The Bertz CT molecular complexity index is 331. The van der Waals surface area contributed by atoms with Gasteiger partial charge >= 0.3 is 0 Å². The standard InChI is InChI=1S/C12H22N4O2/c1-16-9-3-2-4-10(16)6-8(5-9)14-12(17)7-11(13)15-18/h8-10,18H,2-7H2,1H3,(H2,13,15)(H,14,17). The summed E-state index contributed by atoms with van der Waals surface area (Å²) in [6.45, 7) is 0. The number of rotatable bonds is 3. The van der Waals surface area contributed by atoms with Crippen LogP contribution in [0.1, 0.15) is 38.5 Å². The predicted molar refractivity (Wildman–Crippen MR) is 68.4 cm³/mol. The third-order valence-electron chi connectivity index (χ3n) is 4.18. The number of amidine groups is 1. The number of amides is 1. The van der Waals surface area contributed by atoms with Gasteiger partial charge in [0.2, 0.25) is 5.91 Å². The smallest absolute Gasteiger partial charge is 0.227 e. The lowest BCUT2D eigenvalue weighted by molar-refractivity contribution is -0.121. The Kier molecular flexibility index (Phi) is 4.06. The molecule has 2 aliphatic rings. The van der Waals surface area contributed by atoms with Crippen molar-refractivity contribution in [3.8, 4) is 0 Å². The normalized spacial score (nSPS) is 33.2. The van der Waals surface area contributed by atoms with Crippen molar-refractivity contribution in [3.05, 3.63) is 0 Å². The monoisotopic (exact) mass is 254 g/mol. The zero-order valence-corrected chi connectivity index (χ0v) is 10.8. The molecular weight excluding hydrogens is 232 g/mol. The van der Waals surface area contributed by atoms with Gasteiger partial charge in [0.1, 0.15) is 5.84 Å². The van der Waals surface area contributed by atoms with E-state index in [1.54, 1.807) is 0 Å². The van der Waals surface area contributed by atoms with Gasteiger partial charge in [0.25, 0.3) is 0 Å².